The van der Waals surface area contributed by atoms with Crippen molar-refractivity contribution in [2.45, 2.75) is 25.4 Å². The molecule has 0 fully saturated rings. The highest BCUT2D eigenvalue weighted by molar-refractivity contribution is 5.20. The van der Waals surface area contributed by atoms with Crippen LogP contribution in [0.5, 0.6) is 0 Å². The molecular formula is C9H16O3. The highest BCUT2D eigenvalue weighted by atomic mass is 16.5. The van der Waals surface area contributed by atoms with Gasteiger partial charge in [0.2, 0.25) is 0 Å². The van der Waals surface area contributed by atoms with Gasteiger partial charge in [0, 0.05) is 13.5 Å². The van der Waals surface area contributed by atoms with E-state index in [1.54, 1.807) is 21.3 Å². The molecule has 0 amide bonds. The molecule has 0 aliphatic heterocycles. The summed E-state index contributed by atoms with van der Waals surface area (Å²) >= 11 is 0. The first kappa shape index (κ1) is 9.39. The Labute approximate surface area is 73.3 Å². The lowest BCUT2D eigenvalue weighted by atomic mass is 10.1. The molecule has 1 aliphatic rings. The van der Waals surface area contributed by atoms with Gasteiger partial charge < -0.3 is 14.2 Å². The summed E-state index contributed by atoms with van der Waals surface area (Å²) in [6.45, 7) is 2.01. The normalized spacial score (nSPS) is 29.3. The topological polar surface area (TPSA) is 27.7 Å². The summed E-state index contributed by atoms with van der Waals surface area (Å²) in [5.41, 5.74) is -0.292. The third kappa shape index (κ3) is 1.29. The predicted octanol–water partition coefficient (Wildman–Crippen LogP) is 1.69. The Balaban J connectivity index is 2.90. The molecule has 1 unspecified atom stereocenters. The first-order chi connectivity index (χ1) is 5.68. The zero-order valence-electron chi connectivity index (χ0n) is 8.14. The van der Waals surface area contributed by atoms with E-state index in [0.717, 1.165) is 24.4 Å². The van der Waals surface area contributed by atoms with E-state index in [1.807, 2.05) is 6.92 Å². The van der Waals surface area contributed by atoms with Crippen LogP contribution >= 0.6 is 0 Å². The summed E-state index contributed by atoms with van der Waals surface area (Å²) in [7, 11) is 5.00. The molecule has 3 heteroatoms. The maximum absolute atomic E-state index is 5.37. The molecule has 70 valence electrons. The quantitative estimate of drug-likeness (QED) is 0.648. The lowest BCUT2D eigenvalue weighted by molar-refractivity contribution is -0.00219. The molecule has 0 bridgehead atoms. The second-order valence-corrected chi connectivity index (χ2v) is 3.10. The summed E-state index contributed by atoms with van der Waals surface area (Å²) in [6, 6.07) is 0. The summed E-state index contributed by atoms with van der Waals surface area (Å²) in [4.78, 5) is 0. The fourth-order valence-electron chi connectivity index (χ4n) is 1.59. The molecule has 0 saturated heterocycles. The predicted molar refractivity (Wildman–Crippen MR) is 45.7 cm³/mol. The van der Waals surface area contributed by atoms with E-state index >= 15 is 0 Å². The van der Waals surface area contributed by atoms with Gasteiger partial charge in [0.15, 0.2) is 5.76 Å². The van der Waals surface area contributed by atoms with Gasteiger partial charge in [-0.05, 0) is 13.3 Å². The van der Waals surface area contributed by atoms with Crippen molar-refractivity contribution < 1.29 is 14.2 Å². The Bertz CT molecular complexity index is 198. The lowest BCUT2D eigenvalue weighted by Gasteiger charge is -2.24. The smallest absolute Gasteiger partial charge is 0.165 e. The van der Waals surface area contributed by atoms with Crippen molar-refractivity contribution in [2.75, 3.05) is 21.3 Å². The van der Waals surface area contributed by atoms with E-state index < -0.39 is 0 Å². The van der Waals surface area contributed by atoms with Gasteiger partial charge in [0.1, 0.15) is 11.4 Å². The van der Waals surface area contributed by atoms with Crippen LogP contribution in [0.1, 0.15) is 19.8 Å². The minimum atomic E-state index is -0.292. The van der Waals surface area contributed by atoms with E-state index in [2.05, 4.69) is 0 Å². The molecule has 0 saturated carbocycles. The van der Waals surface area contributed by atoms with Crippen LogP contribution in [0.3, 0.4) is 0 Å². The van der Waals surface area contributed by atoms with E-state index in [-0.39, 0.29) is 5.60 Å². The molecular weight excluding hydrogens is 156 g/mol. The van der Waals surface area contributed by atoms with Crippen molar-refractivity contribution >= 4 is 0 Å². The maximum Gasteiger partial charge on any atom is 0.165 e. The van der Waals surface area contributed by atoms with E-state index in [9.17, 15) is 0 Å². The second kappa shape index (κ2) is 3.35. The van der Waals surface area contributed by atoms with Crippen LogP contribution < -0.4 is 0 Å². The number of hydrogen-bond acceptors (Lipinski definition) is 3. The van der Waals surface area contributed by atoms with Gasteiger partial charge in [-0.15, -0.1) is 0 Å². The van der Waals surface area contributed by atoms with E-state index in [1.165, 1.54) is 0 Å². The standard InChI is InChI=1S/C9H16O3/c1-9(12-4)6-5-7(10-2)8(9)11-3/h5-6H2,1-4H3. The summed E-state index contributed by atoms with van der Waals surface area (Å²) in [5, 5.41) is 0. The minimum absolute atomic E-state index is 0.292. The van der Waals surface area contributed by atoms with Crippen molar-refractivity contribution in [1.29, 1.82) is 0 Å². The van der Waals surface area contributed by atoms with Gasteiger partial charge in [-0.3, -0.25) is 0 Å². The number of ether oxygens (including phenoxy) is 3. The Hall–Kier alpha value is -0.700. The van der Waals surface area contributed by atoms with Crippen LogP contribution in [-0.4, -0.2) is 26.9 Å². The van der Waals surface area contributed by atoms with Crippen molar-refractivity contribution in [3.8, 4) is 0 Å². The van der Waals surface area contributed by atoms with Gasteiger partial charge in [-0.1, -0.05) is 0 Å². The minimum Gasteiger partial charge on any atom is -0.497 e. The first-order valence-corrected chi connectivity index (χ1v) is 4.04. The molecule has 3 nitrogen and oxygen atoms in total. The molecule has 0 heterocycles. The van der Waals surface area contributed by atoms with Gasteiger partial charge >= 0.3 is 0 Å². The van der Waals surface area contributed by atoms with Crippen molar-refractivity contribution in [1.82, 2.24) is 0 Å². The molecule has 0 aromatic heterocycles. The lowest BCUT2D eigenvalue weighted by Crippen LogP contribution is -2.27. The van der Waals surface area contributed by atoms with Crippen molar-refractivity contribution in [3.05, 3.63) is 11.5 Å². The highest BCUT2D eigenvalue weighted by Crippen LogP contribution is 2.38. The third-order valence-electron chi connectivity index (χ3n) is 2.46. The second-order valence-electron chi connectivity index (χ2n) is 3.10. The van der Waals surface area contributed by atoms with Crippen LogP contribution in [0, 0.1) is 0 Å². The maximum atomic E-state index is 5.37. The van der Waals surface area contributed by atoms with E-state index in [4.69, 9.17) is 14.2 Å². The van der Waals surface area contributed by atoms with Crippen LogP contribution in [0.2, 0.25) is 0 Å². The molecule has 1 aliphatic carbocycles. The van der Waals surface area contributed by atoms with Crippen LogP contribution in [-0.2, 0) is 14.2 Å². The number of rotatable bonds is 3. The molecule has 0 aromatic rings. The van der Waals surface area contributed by atoms with Crippen LogP contribution in [0.4, 0.5) is 0 Å². The van der Waals surface area contributed by atoms with Crippen LogP contribution in [0.25, 0.3) is 0 Å². The average Bonchev–Trinajstić information content (AvgIpc) is 2.43. The Morgan fingerprint density at radius 2 is 1.83 bits per heavy atom. The van der Waals surface area contributed by atoms with Gasteiger partial charge in [-0.2, -0.15) is 0 Å². The Morgan fingerprint density at radius 3 is 2.25 bits per heavy atom. The van der Waals surface area contributed by atoms with Gasteiger partial charge in [-0.25, -0.2) is 0 Å². The largest absolute Gasteiger partial charge is 0.497 e. The summed E-state index contributed by atoms with van der Waals surface area (Å²) in [6.07, 6.45) is 1.82. The van der Waals surface area contributed by atoms with Crippen LogP contribution in [0.15, 0.2) is 11.5 Å². The third-order valence-corrected chi connectivity index (χ3v) is 2.46. The fraction of sp³-hybridized carbons (Fsp3) is 0.778. The number of hydrogen-bond donors (Lipinski definition) is 0. The summed E-state index contributed by atoms with van der Waals surface area (Å²) in [5.74, 6) is 1.73. The monoisotopic (exact) mass is 172 g/mol. The molecule has 0 N–H and O–H groups in total. The first-order valence-electron chi connectivity index (χ1n) is 4.04. The van der Waals surface area contributed by atoms with Gasteiger partial charge in [0.05, 0.1) is 14.2 Å². The van der Waals surface area contributed by atoms with Crippen molar-refractivity contribution in [3.63, 3.8) is 0 Å². The zero-order valence-corrected chi connectivity index (χ0v) is 8.14. The Kier molecular flexibility index (Phi) is 2.62. The van der Waals surface area contributed by atoms with Gasteiger partial charge in [0.25, 0.3) is 0 Å². The number of allylic oxidation sites excluding steroid dienone is 1. The Morgan fingerprint density at radius 1 is 1.17 bits per heavy atom. The molecule has 1 rings (SSSR count). The summed E-state index contributed by atoms with van der Waals surface area (Å²) < 4.78 is 15.8. The zero-order chi connectivity index (χ0) is 9.19. The molecule has 1 atom stereocenters. The highest BCUT2D eigenvalue weighted by Gasteiger charge is 2.39. The number of methoxy groups -OCH3 is 3. The van der Waals surface area contributed by atoms with Crippen molar-refractivity contribution in [2.24, 2.45) is 0 Å². The molecule has 12 heavy (non-hydrogen) atoms. The fourth-order valence-corrected chi connectivity index (χ4v) is 1.59. The SMILES string of the molecule is COC1=C(OC)C(C)(OC)CC1. The van der Waals surface area contributed by atoms with E-state index in [0.29, 0.717) is 0 Å². The molecule has 0 radical (unpaired) electrons. The average molecular weight is 172 g/mol. The molecule has 0 spiro atoms. The molecule has 0 aromatic carbocycles.